The molecular formula is C25H27F2N3O. The van der Waals surface area contributed by atoms with Crippen LogP contribution in [0.3, 0.4) is 0 Å². The van der Waals surface area contributed by atoms with Gasteiger partial charge in [-0.1, -0.05) is 12.1 Å². The van der Waals surface area contributed by atoms with Crippen LogP contribution in [0.1, 0.15) is 62.1 Å². The molecule has 2 aromatic carbocycles. The van der Waals surface area contributed by atoms with Gasteiger partial charge >= 0.3 is 0 Å². The van der Waals surface area contributed by atoms with Gasteiger partial charge in [0, 0.05) is 29.1 Å². The smallest absolute Gasteiger partial charge is 0.225 e. The first-order chi connectivity index (χ1) is 14.7. The van der Waals surface area contributed by atoms with Crippen molar-refractivity contribution in [2.24, 2.45) is 11.1 Å². The second kappa shape index (κ2) is 7.91. The van der Waals surface area contributed by atoms with Crippen molar-refractivity contribution >= 4 is 22.9 Å². The van der Waals surface area contributed by atoms with E-state index in [0.29, 0.717) is 22.7 Å². The van der Waals surface area contributed by atoms with E-state index in [2.05, 4.69) is 5.32 Å². The van der Waals surface area contributed by atoms with Crippen LogP contribution in [-0.4, -0.2) is 11.6 Å². The van der Waals surface area contributed by atoms with E-state index in [0.717, 1.165) is 42.4 Å². The summed E-state index contributed by atoms with van der Waals surface area (Å²) >= 11 is 0. The molecule has 0 heterocycles. The summed E-state index contributed by atoms with van der Waals surface area (Å²) in [7, 11) is 0. The predicted molar refractivity (Wildman–Crippen MR) is 119 cm³/mol. The van der Waals surface area contributed by atoms with Gasteiger partial charge in [-0.2, -0.15) is 0 Å². The van der Waals surface area contributed by atoms with Crippen LogP contribution in [0.15, 0.2) is 42.1 Å². The molecule has 6 heteroatoms. The van der Waals surface area contributed by atoms with E-state index in [1.54, 1.807) is 26.0 Å². The summed E-state index contributed by atoms with van der Waals surface area (Å²) in [6.45, 7) is 3.44. The number of halogens is 2. The Kier molecular flexibility index (Phi) is 5.42. The molecule has 162 valence electrons. The third-order valence-electron chi connectivity index (χ3n) is 6.70. The summed E-state index contributed by atoms with van der Waals surface area (Å²) in [4.78, 5) is 12.9. The zero-order valence-electron chi connectivity index (χ0n) is 17.8. The Morgan fingerprint density at radius 3 is 2.35 bits per heavy atom. The van der Waals surface area contributed by atoms with Gasteiger partial charge in [-0.05, 0) is 91.8 Å². The lowest BCUT2D eigenvalue weighted by Gasteiger charge is -2.34. The third-order valence-corrected chi connectivity index (χ3v) is 6.70. The molecule has 1 saturated carbocycles. The van der Waals surface area contributed by atoms with E-state index in [-0.39, 0.29) is 23.7 Å². The van der Waals surface area contributed by atoms with Crippen molar-refractivity contribution in [2.75, 3.05) is 5.32 Å². The van der Waals surface area contributed by atoms with Crippen LogP contribution in [0, 0.1) is 22.5 Å². The molecule has 1 atom stereocenters. The zero-order valence-corrected chi connectivity index (χ0v) is 17.8. The summed E-state index contributed by atoms with van der Waals surface area (Å²) in [5, 5.41) is 10.8. The molecule has 2 aliphatic rings. The average molecular weight is 424 g/mol. The summed E-state index contributed by atoms with van der Waals surface area (Å²) < 4.78 is 27.7. The molecule has 1 fully saturated rings. The van der Waals surface area contributed by atoms with E-state index in [9.17, 15) is 13.6 Å². The van der Waals surface area contributed by atoms with E-state index in [4.69, 9.17) is 11.1 Å². The standard InChI is InChI=1S/C25H27F2N3O/c1-14(28)24(15(2)29)16-3-5-18(6-4-16)30-23(31)13-20-19-12-22(27)21(26)11-17(19)7-8-25(20)9-10-25/h3-6,11-12,20,28H,7-10,13,29H2,1-2H3,(H,30,31). The summed E-state index contributed by atoms with van der Waals surface area (Å²) in [5.41, 5.74) is 10.6. The molecule has 0 radical (unpaired) electrons. The Labute approximate surface area is 181 Å². The number of fused-ring (bicyclic) bond motifs is 1. The van der Waals surface area contributed by atoms with Crippen LogP contribution in [0.25, 0.3) is 5.57 Å². The molecule has 4 rings (SSSR count). The summed E-state index contributed by atoms with van der Waals surface area (Å²) in [6.07, 6.45) is 3.93. The number of nitrogens with one attached hydrogen (secondary N) is 2. The number of hydrogen-bond donors (Lipinski definition) is 3. The molecule has 31 heavy (non-hydrogen) atoms. The Bertz CT molecular complexity index is 1080. The van der Waals surface area contributed by atoms with Gasteiger partial charge in [0.15, 0.2) is 11.6 Å². The lowest BCUT2D eigenvalue weighted by atomic mass is 9.71. The third kappa shape index (κ3) is 4.11. The lowest BCUT2D eigenvalue weighted by molar-refractivity contribution is -0.117. The highest BCUT2D eigenvalue weighted by Gasteiger charge is 2.52. The van der Waals surface area contributed by atoms with Gasteiger partial charge in [0.2, 0.25) is 5.91 Å². The Hall–Kier alpha value is -3.02. The molecule has 4 nitrogen and oxygen atoms in total. The minimum atomic E-state index is -0.849. The molecule has 0 aromatic heterocycles. The fourth-order valence-corrected chi connectivity index (χ4v) is 4.98. The predicted octanol–water partition coefficient (Wildman–Crippen LogP) is 5.53. The number of nitrogens with two attached hydrogens (primary N) is 1. The Balaban J connectivity index is 1.51. The van der Waals surface area contributed by atoms with Crippen molar-refractivity contribution < 1.29 is 13.6 Å². The van der Waals surface area contributed by atoms with Crippen LogP contribution in [0.4, 0.5) is 14.5 Å². The average Bonchev–Trinajstić information content (AvgIpc) is 3.47. The normalized spacial score (nSPS) is 19.4. The van der Waals surface area contributed by atoms with E-state index in [1.807, 2.05) is 12.1 Å². The second-order valence-electron chi connectivity index (χ2n) is 8.89. The number of allylic oxidation sites excluding steroid dienone is 2. The number of benzene rings is 2. The van der Waals surface area contributed by atoms with Crippen LogP contribution in [-0.2, 0) is 11.2 Å². The quantitative estimate of drug-likeness (QED) is 0.553. The molecule has 1 spiro atoms. The maximum atomic E-state index is 13.9. The monoisotopic (exact) mass is 423 g/mol. The SMILES string of the molecule is CC(=N)C(=C(C)N)c1ccc(NC(=O)CC2c3cc(F)c(F)cc3CCC23CC3)cc1. The van der Waals surface area contributed by atoms with Crippen LogP contribution < -0.4 is 11.1 Å². The van der Waals surface area contributed by atoms with Crippen molar-refractivity contribution in [1.82, 2.24) is 0 Å². The summed E-state index contributed by atoms with van der Waals surface area (Å²) in [6, 6.07) is 9.82. The van der Waals surface area contributed by atoms with Crippen molar-refractivity contribution in [2.45, 2.75) is 51.9 Å². The maximum Gasteiger partial charge on any atom is 0.225 e. The molecule has 0 saturated heterocycles. The molecule has 1 unspecified atom stereocenters. The Morgan fingerprint density at radius 2 is 1.77 bits per heavy atom. The molecule has 0 aliphatic heterocycles. The second-order valence-corrected chi connectivity index (χ2v) is 8.89. The minimum Gasteiger partial charge on any atom is -0.402 e. The zero-order chi connectivity index (χ0) is 22.3. The van der Waals surface area contributed by atoms with Gasteiger partial charge in [-0.3, -0.25) is 4.79 Å². The number of hydrogen-bond acceptors (Lipinski definition) is 3. The number of rotatable bonds is 5. The minimum absolute atomic E-state index is 0.0400. The molecular weight excluding hydrogens is 396 g/mol. The highest BCUT2D eigenvalue weighted by molar-refractivity contribution is 6.21. The van der Waals surface area contributed by atoms with Crippen LogP contribution in [0.2, 0.25) is 0 Å². The van der Waals surface area contributed by atoms with E-state index < -0.39 is 11.6 Å². The largest absolute Gasteiger partial charge is 0.402 e. The Morgan fingerprint density at radius 1 is 1.13 bits per heavy atom. The van der Waals surface area contributed by atoms with Gasteiger partial charge in [0.05, 0.1) is 0 Å². The van der Waals surface area contributed by atoms with E-state index >= 15 is 0 Å². The van der Waals surface area contributed by atoms with Gasteiger partial charge in [-0.25, -0.2) is 8.78 Å². The van der Waals surface area contributed by atoms with Crippen LogP contribution in [0.5, 0.6) is 0 Å². The van der Waals surface area contributed by atoms with E-state index in [1.165, 1.54) is 12.1 Å². The lowest BCUT2D eigenvalue weighted by Crippen LogP contribution is -2.27. The fourth-order valence-electron chi connectivity index (χ4n) is 4.98. The summed E-state index contributed by atoms with van der Waals surface area (Å²) in [5.74, 6) is -1.91. The first-order valence-electron chi connectivity index (χ1n) is 10.6. The highest BCUT2D eigenvalue weighted by atomic mass is 19.2. The number of amides is 1. The number of anilines is 1. The molecule has 4 N–H and O–H groups in total. The topological polar surface area (TPSA) is 79.0 Å². The van der Waals surface area contributed by atoms with Gasteiger partial charge in [0.1, 0.15) is 0 Å². The first kappa shape index (κ1) is 21.2. The van der Waals surface area contributed by atoms with Crippen molar-refractivity contribution in [1.29, 1.82) is 5.41 Å². The first-order valence-corrected chi connectivity index (χ1v) is 10.6. The van der Waals surface area contributed by atoms with Crippen molar-refractivity contribution in [3.8, 4) is 0 Å². The molecule has 0 bridgehead atoms. The molecule has 2 aromatic rings. The number of carbonyl (C=O) groups excluding carboxylic acids is 1. The number of carbonyl (C=O) groups is 1. The van der Waals surface area contributed by atoms with Crippen molar-refractivity contribution in [3.63, 3.8) is 0 Å². The fraction of sp³-hybridized carbons (Fsp3) is 0.360. The molecule has 2 aliphatic carbocycles. The van der Waals surface area contributed by atoms with Gasteiger partial charge in [-0.15, -0.1) is 0 Å². The van der Waals surface area contributed by atoms with Crippen LogP contribution >= 0.6 is 0 Å². The molecule has 1 amide bonds. The number of aryl methyl sites for hydroxylation is 1. The maximum absolute atomic E-state index is 13.9. The van der Waals surface area contributed by atoms with Crippen molar-refractivity contribution in [3.05, 3.63) is 70.4 Å². The van der Waals surface area contributed by atoms with Gasteiger partial charge < -0.3 is 16.5 Å². The van der Waals surface area contributed by atoms with Gasteiger partial charge in [0.25, 0.3) is 0 Å². The highest BCUT2D eigenvalue weighted by Crippen LogP contribution is 2.63.